The van der Waals surface area contributed by atoms with Crippen LogP contribution in [-0.4, -0.2) is 27.6 Å². The van der Waals surface area contributed by atoms with Gasteiger partial charge in [0.05, 0.1) is 7.11 Å². The molecule has 0 aliphatic carbocycles. The van der Waals surface area contributed by atoms with E-state index in [1.807, 2.05) is 84.5 Å². The highest BCUT2D eigenvalue weighted by atomic mass is 32.2. The molecule has 0 radical (unpaired) electrons. The van der Waals surface area contributed by atoms with Crippen LogP contribution in [0.15, 0.2) is 95.2 Å². The predicted octanol–water partition coefficient (Wildman–Crippen LogP) is 4.49. The number of nitrogens with one attached hydrogen (secondary N) is 1. The van der Waals surface area contributed by atoms with E-state index in [0.29, 0.717) is 11.3 Å². The Kier molecular flexibility index (Phi) is 6.33. The van der Waals surface area contributed by atoms with Gasteiger partial charge in [0.2, 0.25) is 0 Å². The van der Waals surface area contributed by atoms with Crippen molar-refractivity contribution < 1.29 is 9.53 Å². The molecule has 1 atom stereocenters. The minimum atomic E-state index is -0.453. The van der Waals surface area contributed by atoms with E-state index in [9.17, 15) is 4.79 Å². The number of ether oxygens (including phenoxy) is 1. The second-order valence-electron chi connectivity index (χ2n) is 6.84. The number of nitrogens with zero attached hydrogens (tertiary/aromatic N) is 3. The van der Waals surface area contributed by atoms with Crippen molar-refractivity contribution >= 4 is 17.7 Å². The van der Waals surface area contributed by atoms with Crippen LogP contribution in [0.5, 0.6) is 5.75 Å². The maximum Gasteiger partial charge on any atom is 0.252 e. The van der Waals surface area contributed by atoms with Crippen molar-refractivity contribution in [3.63, 3.8) is 0 Å². The average molecular weight is 431 g/mol. The number of carbonyl (C=O) groups is 1. The first-order valence-corrected chi connectivity index (χ1v) is 10.6. The van der Waals surface area contributed by atoms with Gasteiger partial charge in [0.25, 0.3) is 5.91 Å². The van der Waals surface area contributed by atoms with Crippen LogP contribution in [0.1, 0.15) is 27.8 Å². The van der Waals surface area contributed by atoms with Gasteiger partial charge >= 0.3 is 0 Å². The Balaban J connectivity index is 1.57. The van der Waals surface area contributed by atoms with Gasteiger partial charge in [-0.15, -0.1) is 0 Å². The first kappa shape index (κ1) is 20.7. The Labute approximate surface area is 185 Å². The van der Waals surface area contributed by atoms with Crippen LogP contribution in [-0.2, 0) is 7.05 Å². The van der Waals surface area contributed by atoms with E-state index in [0.717, 1.165) is 21.3 Å². The monoisotopic (exact) mass is 430 g/mol. The summed E-state index contributed by atoms with van der Waals surface area (Å²) < 4.78 is 7.42. The van der Waals surface area contributed by atoms with E-state index in [1.54, 1.807) is 31.3 Å². The van der Waals surface area contributed by atoms with Gasteiger partial charge in [0.1, 0.15) is 22.6 Å². The lowest BCUT2D eigenvalue weighted by Crippen LogP contribution is -2.31. The SMILES string of the molecule is COc1ccccc1C(NC(=O)c1ccc(Sc2ccccn2)cc1)c1nccn1C. The van der Waals surface area contributed by atoms with E-state index >= 15 is 0 Å². The van der Waals surface area contributed by atoms with E-state index < -0.39 is 6.04 Å². The molecule has 1 N–H and O–H groups in total. The summed E-state index contributed by atoms with van der Waals surface area (Å²) in [6.07, 6.45) is 5.33. The fourth-order valence-electron chi connectivity index (χ4n) is 3.26. The second-order valence-corrected chi connectivity index (χ2v) is 7.93. The molecule has 2 aromatic carbocycles. The summed E-state index contributed by atoms with van der Waals surface area (Å²) in [5.41, 5.74) is 1.41. The minimum Gasteiger partial charge on any atom is -0.496 e. The third kappa shape index (κ3) is 4.78. The number of hydrogen-bond acceptors (Lipinski definition) is 5. The van der Waals surface area contributed by atoms with Gasteiger partial charge in [0.15, 0.2) is 0 Å². The standard InChI is InChI=1S/C24H22N4O2S/c1-28-16-15-26-23(28)22(19-7-3-4-8-20(19)30-2)27-24(29)17-10-12-18(13-11-17)31-21-9-5-6-14-25-21/h3-16,22H,1-2H3,(H,27,29). The Bertz CT molecular complexity index is 1160. The molecule has 0 bridgehead atoms. The summed E-state index contributed by atoms with van der Waals surface area (Å²) in [6, 6.07) is 20.5. The summed E-state index contributed by atoms with van der Waals surface area (Å²) in [6.45, 7) is 0. The van der Waals surface area contributed by atoms with Crippen LogP contribution in [0.4, 0.5) is 0 Å². The Morgan fingerprint density at radius 3 is 2.45 bits per heavy atom. The van der Waals surface area contributed by atoms with Crippen molar-refractivity contribution in [2.24, 2.45) is 7.05 Å². The van der Waals surface area contributed by atoms with Gasteiger partial charge in [-0.25, -0.2) is 9.97 Å². The zero-order valence-corrected chi connectivity index (χ0v) is 18.0. The molecule has 0 fully saturated rings. The van der Waals surface area contributed by atoms with Crippen LogP contribution >= 0.6 is 11.8 Å². The molecule has 0 spiro atoms. The van der Waals surface area contributed by atoms with Crippen molar-refractivity contribution in [1.29, 1.82) is 0 Å². The van der Waals surface area contributed by atoms with Gasteiger partial charge in [-0.05, 0) is 42.5 Å². The molecular formula is C24H22N4O2S. The first-order chi connectivity index (χ1) is 15.2. The Morgan fingerprint density at radius 1 is 1.00 bits per heavy atom. The zero-order chi connectivity index (χ0) is 21.6. The molecule has 31 heavy (non-hydrogen) atoms. The second kappa shape index (κ2) is 9.49. The number of amides is 1. The van der Waals surface area contributed by atoms with E-state index in [-0.39, 0.29) is 5.91 Å². The maximum absolute atomic E-state index is 13.1. The number of hydrogen-bond donors (Lipinski definition) is 1. The van der Waals surface area contributed by atoms with Crippen LogP contribution < -0.4 is 10.1 Å². The highest BCUT2D eigenvalue weighted by Gasteiger charge is 2.24. The van der Waals surface area contributed by atoms with Crippen molar-refractivity contribution in [1.82, 2.24) is 19.9 Å². The third-order valence-corrected chi connectivity index (χ3v) is 5.78. The maximum atomic E-state index is 13.1. The van der Waals surface area contributed by atoms with E-state index in [2.05, 4.69) is 15.3 Å². The number of carbonyl (C=O) groups excluding carboxylic acids is 1. The molecule has 2 aromatic heterocycles. The highest BCUT2D eigenvalue weighted by molar-refractivity contribution is 7.99. The fourth-order valence-corrected chi connectivity index (χ4v) is 4.03. The number of aromatic nitrogens is 3. The van der Waals surface area contributed by atoms with Gasteiger partial charge < -0.3 is 14.6 Å². The number of methoxy groups -OCH3 is 1. The average Bonchev–Trinajstić information content (AvgIpc) is 3.24. The molecule has 7 heteroatoms. The number of pyridine rings is 1. The molecule has 1 amide bonds. The van der Waals surface area contributed by atoms with Crippen molar-refractivity contribution in [2.45, 2.75) is 16.0 Å². The molecule has 0 saturated heterocycles. The van der Waals surface area contributed by atoms with Gasteiger partial charge in [-0.2, -0.15) is 0 Å². The topological polar surface area (TPSA) is 69.0 Å². The first-order valence-electron chi connectivity index (χ1n) is 9.75. The van der Waals surface area contributed by atoms with Gasteiger partial charge in [-0.1, -0.05) is 36.0 Å². The Hall–Kier alpha value is -3.58. The van der Waals surface area contributed by atoms with E-state index in [1.165, 1.54) is 0 Å². The van der Waals surface area contributed by atoms with E-state index in [4.69, 9.17) is 4.74 Å². The third-order valence-electron chi connectivity index (χ3n) is 4.82. The number of para-hydroxylation sites is 1. The summed E-state index contributed by atoms with van der Waals surface area (Å²) in [5.74, 6) is 1.23. The summed E-state index contributed by atoms with van der Waals surface area (Å²) >= 11 is 1.55. The smallest absolute Gasteiger partial charge is 0.252 e. The zero-order valence-electron chi connectivity index (χ0n) is 17.2. The normalized spacial score (nSPS) is 11.7. The lowest BCUT2D eigenvalue weighted by atomic mass is 10.0. The lowest BCUT2D eigenvalue weighted by Gasteiger charge is -2.21. The molecule has 4 aromatic rings. The Morgan fingerprint density at radius 2 is 1.77 bits per heavy atom. The summed E-state index contributed by atoms with van der Waals surface area (Å²) in [4.78, 5) is 22.9. The molecule has 2 heterocycles. The number of aryl methyl sites for hydroxylation is 1. The minimum absolute atomic E-state index is 0.187. The lowest BCUT2D eigenvalue weighted by molar-refractivity contribution is 0.0940. The number of rotatable bonds is 7. The molecule has 1 unspecified atom stereocenters. The number of benzene rings is 2. The summed E-state index contributed by atoms with van der Waals surface area (Å²) in [7, 11) is 3.52. The largest absolute Gasteiger partial charge is 0.496 e. The molecule has 0 saturated carbocycles. The predicted molar refractivity (Wildman–Crippen MR) is 120 cm³/mol. The quantitative estimate of drug-likeness (QED) is 0.468. The molecule has 4 rings (SSSR count). The molecule has 6 nitrogen and oxygen atoms in total. The van der Waals surface area contributed by atoms with Crippen LogP contribution in [0.25, 0.3) is 0 Å². The fraction of sp³-hybridized carbons (Fsp3) is 0.125. The molecule has 0 aliphatic rings. The van der Waals surface area contributed by atoms with Gasteiger partial charge in [-0.3, -0.25) is 4.79 Å². The molecule has 0 aliphatic heterocycles. The number of imidazole rings is 1. The van der Waals surface area contributed by atoms with Crippen LogP contribution in [0, 0.1) is 0 Å². The van der Waals surface area contributed by atoms with Crippen LogP contribution in [0.2, 0.25) is 0 Å². The summed E-state index contributed by atoms with van der Waals surface area (Å²) in [5, 5.41) is 4.02. The van der Waals surface area contributed by atoms with Crippen molar-refractivity contribution in [2.75, 3.05) is 7.11 Å². The van der Waals surface area contributed by atoms with Crippen LogP contribution in [0.3, 0.4) is 0 Å². The highest BCUT2D eigenvalue weighted by Crippen LogP contribution is 2.30. The van der Waals surface area contributed by atoms with Crippen molar-refractivity contribution in [3.05, 3.63) is 102 Å². The van der Waals surface area contributed by atoms with Crippen molar-refractivity contribution in [3.8, 4) is 5.75 Å². The van der Waals surface area contributed by atoms with Gasteiger partial charge in [0, 0.05) is 41.7 Å². The molecular weight excluding hydrogens is 408 g/mol. The molecule has 156 valence electrons.